The first kappa shape index (κ1) is 15.6. The van der Waals surface area contributed by atoms with Crippen LogP contribution in [0.2, 0.25) is 15.1 Å². The van der Waals surface area contributed by atoms with Crippen molar-refractivity contribution in [3.8, 4) is 0 Å². The normalized spacial score (nSPS) is 12.4. The molecule has 0 spiro atoms. The van der Waals surface area contributed by atoms with Crippen LogP contribution in [0.4, 0.5) is 4.39 Å². The van der Waals surface area contributed by atoms with Crippen LogP contribution in [0.25, 0.3) is 0 Å². The van der Waals surface area contributed by atoms with E-state index in [1.165, 1.54) is 6.07 Å². The fourth-order valence-corrected chi connectivity index (χ4v) is 2.88. The minimum Gasteiger partial charge on any atom is -0.313 e. The molecule has 0 aromatic heterocycles. The Hall–Kier alpha value is -0.800. The van der Waals surface area contributed by atoms with Crippen LogP contribution in [0.15, 0.2) is 36.4 Å². The van der Waals surface area contributed by atoms with E-state index in [0.29, 0.717) is 27.1 Å². The van der Waals surface area contributed by atoms with Gasteiger partial charge in [0.2, 0.25) is 0 Å². The fraction of sp³-hybridized carbons (Fsp3) is 0.200. The highest BCUT2D eigenvalue weighted by Gasteiger charge is 2.16. The molecule has 0 heterocycles. The van der Waals surface area contributed by atoms with E-state index >= 15 is 0 Å². The van der Waals surface area contributed by atoms with Crippen molar-refractivity contribution in [1.29, 1.82) is 0 Å². The van der Waals surface area contributed by atoms with Gasteiger partial charge < -0.3 is 5.32 Å². The Morgan fingerprint density at radius 3 is 2.30 bits per heavy atom. The number of benzene rings is 2. The van der Waals surface area contributed by atoms with Gasteiger partial charge in [0.25, 0.3) is 0 Å². The molecule has 0 saturated heterocycles. The molecule has 0 amide bonds. The molecular formula is C15H13Cl3FN. The van der Waals surface area contributed by atoms with E-state index in [4.69, 9.17) is 34.8 Å². The van der Waals surface area contributed by atoms with Crippen molar-refractivity contribution in [2.75, 3.05) is 7.05 Å². The van der Waals surface area contributed by atoms with E-state index in [9.17, 15) is 4.39 Å². The maximum Gasteiger partial charge on any atom is 0.127 e. The van der Waals surface area contributed by atoms with Crippen molar-refractivity contribution in [3.63, 3.8) is 0 Å². The Balaban J connectivity index is 2.33. The van der Waals surface area contributed by atoms with Gasteiger partial charge in [0, 0.05) is 26.7 Å². The van der Waals surface area contributed by atoms with Gasteiger partial charge >= 0.3 is 0 Å². The Morgan fingerprint density at radius 2 is 1.75 bits per heavy atom. The molecule has 1 atom stereocenters. The lowest BCUT2D eigenvalue weighted by Crippen LogP contribution is -2.19. The third-order valence-electron chi connectivity index (χ3n) is 3.11. The predicted molar refractivity (Wildman–Crippen MR) is 83.4 cm³/mol. The average Bonchev–Trinajstić information content (AvgIpc) is 2.37. The molecule has 5 heteroatoms. The maximum atomic E-state index is 13.9. The van der Waals surface area contributed by atoms with E-state index in [0.717, 1.165) is 5.56 Å². The predicted octanol–water partition coefficient (Wildman–Crippen LogP) is 5.29. The summed E-state index contributed by atoms with van der Waals surface area (Å²) in [5, 5.41) is 4.65. The van der Waals surface area contributed by atoms with Crippen molar-refractivity contribution in [1.82, 2.24) is 5.32 Å². The molecule has 0 fully saturated rings. The monoisotopic (exact) mass is 331 g/mol. The molecule has 0 radical (unpaired) electrons. The third kappa shape index (κ3) is 3.64. The molecule has 106 valence electrons. The zero-order valence-electron chi connectivity index (χ0n) is 10.8. The van der Waals surface area contributed by atoms with Gasteiger partial charge in [0.1, 0.15) is 5.82 Å². The van der Waals surface area contributed by atoms with Crippen LogP contribution in [0.3, 0.4) is 0 Å². The molecular weight excluding hydrogens is 320 g/mol. The largest absolute Gasteiger partial charge is 0.313 e. The molecule has 1 nitrogen and oxygen atoms in total. The lowest BCUT2D eigenvalue weighted by Gasteiger charge is -2.18. The second-order valence-corrected chi connectivity index (χ2v) is 5.73. The minimum atomic E-state index is -0.314. The van der Waals surface area contributed by atoms with E-state index in [2.05, 4.69) is 5.32 Å². The number of nitrogens with one attached hydrogen (secondary N) is 1. The summed E-state index contributed by atoms with van der Waals surface area (Å²) in [6.07, 6.45) is 0.415. The van der Waals surface area contributed by atoms with Gasteiger partial charge in [-0.2, -0.15) is 0 Å². The van der Waals surface area contributed by atoms with E-state index in [1.807, 2.05) is 12.1 Å². The molecule has 0 bridgehead atoms. The summed E-state index contributed by atoms with van der Waals surface area (Å²) in [5.41, 5.74) is 1.37. The van der Waals surface area contributed by atoms with E-state index < -0.39 is 0 Å². The quantitative estimate of drug-likeness (QED) is 0.802. The standard InChI is InChI=1S/C15H13Cl3FN/c1-20-15(9-5-10(16)7-11(17)6-9)8-12-13(18)3-2-4-14(12)19/h2-7,15,20H,8H2,1H3. The van der Waals surface area contributed by atoms with Gasteiger partial charge in [-0.15, -0.1) is 0 Å². The maximum absolute atomic E-state index is 13.9. The van der Waals surface area contributed by atoms with Gasteiger partial charge in [-0.1, -0.05) is 40.9 Å². The summed E-state index contributed by atoms with van der Waals surface area (Å²) >= 11 is 18.1. The molecule has 2 aromatic rings. The van der Waals surface area contributed by atoms with Crippen LogP contribution in [0.5, 0.6) is 0 Å². The summed E-state index contributed by atoms with van der Waals surface area (Å²) in [7, 11) is 1.80. The first-order chi connectivity index (χ1) is 9.51. The summed E-state index contributed by atoms with van der Waals surface area (Å²) in [6, 6.07) is 9.82. The number of rotatable bonds is 4. The Morgan fingerprint density at radius 1 is 1.10 bits per heavy atom. The van der Waals surface area contributed by atoms with Crippen molar-refractivity contribution in [2.45, 2.75) is 12.5 Å². The van der Waals surface area contributed by atoms with Crippen molar-refractivity contribution < 1.29 is 4.39 Å². The average molecular weight is 333 g/mol. The number of halogens is 4. The second-order valence-electron chi connectivity index (χ2n) is 4.45. The summed E-state index contributed by atoms with van der Waals surface area (Å²) < 4.78 is 13.9. The summed E-state index contributed by atoms with van der Waals surface area (Å²) in [4.78, 5) is 0. The molecule has 2 rings (SSSR count). The van der Waals surface area contributed by atoms with E-state index in [1.54, 1.807) is 25.2 Å². The molecule has 1 N–H and O–H groups in total. The zero-order valence-corrected chi connectivity index (χ0v) is 13.0. The van der Waals surface area contributed by atoms with Gasteiger partial charge in [-0.25, -0.2) is 4.39 Å². The van der Waals surface area contributed by atoms with Gasteiger partial charge in [0.05, 0.1) is 0 Å². The molecule has 0 aliphatic carbocycles. The molecule has 2 aromatic carbocycles. The van der Waals surface area contributed by atoms with Gasteiger partial charge in [-0.3, -0.25) is 0 Å². The smallest absolute Gasteiger partial charge is 0.127 e. The van der Waals surface area contributed by atoms with Gasteiger partial charge in [0.15, 0.2) is 0 Å². The van der Waals surface area contributed by atoms with Crippen LogP contribution in [0, 0.1) is 5.82 Å². The first-order valence-corrected chi connectivity index (χ1v) is 7.21. The molecule has 1 unspecified atom stereocenters. The Kier molecular flexibility index (Phi) is 5.28. The molecule has 0 aliphatic heterocycles. The van der Waals surface area contributed by atoms with Crippen LogP contribution < -0.4 is 5.32 Å². The first-order valence-electron chi connectivity index (χ1n) is 6.07. The van der Waals surface area contributed by atoms with Crippen LogP contribution in [-0.2, 0) is 6.42 Å². The second kappa shape index (κ2) is 6.77. The van der Waals surface area contributed by atoms with Crippen molar-refractivity contribution in [3.05, 3.63) is 68.4 Å². The number of likely N-dealkylation sites (N-methyl/N-ethyl adjacent to an activating group) is 1. The molecule has 0 aliphatic rings. The topological polar surface area (TPSA) is 12.0 Å². The SMILES string of the molecule is CNC(Cc1c(F)cccc1Cl)c1cc(Cl)cc(Cl)c1. The van der Waals surface area contributed by atoms with Crippen LogP contribution in [0.1, 0.15) is 17.2 Å². The lowest BCUT2D eigenvalue weighted by molar-refractivity contribution is 0.554. The highest BCUT2D eigenvalue weighted by atomic mass is 35.5. The van der Waals surface area contributed by atoms with Crippen LogP contribution >= 0.6 is 34.8 Å². The number of hydrogen-bond donors (Lipinski definition) is 1. The third-order valence-corrected chi connectivity index (χ3v) is 3.90. The number of hydrogen-bond acceptors (Lipinski definition) is 1. The Labute approximate surface area is 132 Å². The van der Waals surface area contributed by atoms with Crippen molar-refractivity contribution >= 4 is 34.8 Å². The highest BCUT2D eigenvalue weighted by Crippen LogP contribution is 2.28. The summed E-state index contributed by atoms with van der Waals surface area (Å²) in [6.45, 7) is 0. The van der Waals surface area contributed by atoms with Crippen molar-refractivity contribution in [2.24, 2.45) is 0 Å². The van der Waals surface area contributed by atoms with Gasteiger partial charge in [-0.05, 0) is 49.4 Å². The lowest BCUT2D eigenvalue weighted by atomic mass is 9.98. The molecule has 20 heavy (non-hydrogen) atoms. The summed E-state index contributed by atoms with van der Waals surface area (Å²) in [5.74, 6) is -0.314. The molecule has 0 saturated carbocycles. The zero-order chi connectivity index (χ0) is 14.7. The van der Waals surface area contributed by atoms with Crippen LogP contribution in [-0.4, -0.2) is 7.05 Å². The van der Waals surface area contributed by atoms with E-state index in [-0.39, 0.29) is 11.9 Å². The highest BCUT2D eigenvalue weighted by molar-refractivity contribution is 6.34. The Bertz CT molecular complexity index is 576. The minimum absolute atomic E-state index is 0.124. The fourth-order valence-electron chi connectivity index (χ4n) is 2.09.